The molecule has 0 bridgehead atoms. The first-order valence-electron chi connectivity index (χ1n) is 15.5. The number of nitrogens with one attached hydrogen (secondary N) is 1. The average molecular weight is 741 g/mol. The van der Waals surface area contributed by atoms with Gasteiger partial charge in [0.25, 0.3) is 5.91 Å². The maximum absolute atomic E-state index is 14.4. The van der Waals surface area contributed by atoms with Crippen LogP contribution in [0.2, 0.25) is 10.0 Å². The fourth-order valence-corrected chi connectivity index (χ4v) is 6.17. The Bertz CT molecular complexity index is 2130. The summed E-state index contributed by atoms with van der Waals surface area (Å²) in [7, 11) is 1.35. The van der Waals surface area contributed by atoms with Crippen LogP contribution in [-0.4, -0.2) is 55.4 Å². The Morgan fingerprint density at radius 2 is 1.82 bits per heavy atom. The zero-order valence-corrected chi connectivity index (χ0v) is 28.7. The standard InChI is InChI=1S/C36H30Cl2F3N5O5/c1-34(33(43)49)17-51-31-23(34)13-26(46-30(31)22-7-8-24(40)28(38)27(22)37)35(16-47,20-3-5-21(39)6-4-20)15-44-32(48)18-11-19(14-45-36(41)9-10-36)29(42)25(12-18)50-2/h3-8,11-14,16H,9-10,15,17,42H2,1-2H3,(H2,43,49)(H,44,48)/b45-14+/t34-,35+/m0/s1. The van der Waals surface area contributed by atoms with E-state index in [1.165, 1.54) is 49.7 Å². The fourth-order valence-electron chi connectivity index (χ4n) is 5.76. The van der Waals surface area contributed by atoms with Crippen LogP contribution in [0.4, 0.5) is 18.9 Å². The number of pyridine rings is 1. The van der Waals surface area contributed by atoms with Crippen molar-refractivity contribution in [1.29, 1.82) is 0 Å². The highest BCUT2D eigenvalue weighted by molar-refractivity contribution is 6.43. The second-order valence-electron chi connectivity index (χ2n) is 12.6. The largest absolute Gasteiger partial charge is 0.495 e. The molecule has 0 spiro atoms. The van der Waals surface area contributed by atoms with Gasteiger partial charge in [0.1, 0.15) is 52.6 Å². The van der Waals surface area contributed by atoms with Crippen LogP contribution in [0.25, 0.3) is 11.3 Å². The van der Waals surface area contributed by atoms with E-state index < -0.39 is 51.6 Å². The van der Waals surface area contributed by atoms with Crippen LogP contribution >= 0.6 is 23.2 Å². The number of halogens is 5. The molecule has 2 aliphatic rings. The van der Waals surface area contributed by atoms with Crippen molar-refractivity contribution in [3.05, 3.63) is 104 Å². The van der Waals surface area contributed by atoms with Crippen molar-refractivity contribution in [2.45, 2.75) is 36.4 Å². The third-order valence-electron chi connectivity index (χ3n) is 9.21. The van der Waals surface area contributed by atoms with E-state index in [1.54, 1.807) is 6.92 Å². The number of nitrogens with two attached hydrogens (primary N) is 2. The van der Waals surface area contributed by atoms with Gasteiger partial charge in [-0.1, -0.05) is 35.3 Å². The number of amides is 2. The van der Waals surface area contributed by atoms with Crippen LogP contribution < -0.4 is 26.3 Å². The van der Waals surface area contributed by atoms with E-state index in [9.17, 15) is 27.6 Å². The minimum Gasteiger partial charge on any atom is -0.495 e. The molecule has 10 nitrogen and oxygen atoms in total. The van der Waals surface area contributed by atoms with Gasteiger partial charge in [0.05, 0.1) is 28.5 Å². The molecule has 3 aromatic carbocycles. The second kappa shape index (κ2) is 13.2. The quantitative estimate of drug-likeness (QED) is 0.0572. The first kappa shape index (κ1) is 35.7. The lowest BCUT2D eigenvalue weighted by Crippen LogP contribution is -2.44. The zero-order chi connectivity index (χ0) is 36.9. The molecule has 0 saturated heterocycles. The monoisotopic (exact) mass is 739 g/mol. The highest BCUT2D eigenvalue weighted by atomic mass is 35.5. The van der Waals surface area contributed by atoms with Crippen molar-refractivity contribution >= 4 is 53.2 Å². The number of nitrogen functional groups attached to an aromatic ring is 1. The number of hydrogen-bond donors (Lipinski definition) is 3. The summed E-state index contributed by atoms with van der Waals surface area (Å²) in [5, 5.41) is 2.12. The summed E-state index contributed by atoms with van der Waals surface area (Å²) in [5.74, 6) is -4.32. The van der Waals surface area contributed by atoms with Crippen LogP contribution in [0.5, 0.6) is 11.5 Å². The van der Waals surface area contributed by atoms with Crippen molar-refractivity contribution in [2.24, 2.45) is 10.7 Å². The number of aldehydes is 1. The van der Waals surface area contributed by atoms with Crippen molar-refractivity contribution in [2.75, 3.05) is 26.0 Å². The molecule has 1 aliphatic carbocycles. The molecule has 4 aromatic rings. The van der Waals surface area contributed by atoms with E-state index in [-0.39, 0.29) is 80.9 Å². The van der Waals surface area contributed by atoms with Gasteiger partial charge in [0.2, 0.25) is 5.91 Å². The zero-order valence-electron chi connectivity index (χ0n) is 27.2. The number of alkyl halides is 1. The normalized spacial score (nSPS) is 18.4. The highest BCUT2D eigenvalue weighted by Gasteiger charge is 2.47. The maximum Gasteiger partial charge on any atom is 0.251 e. The van der Waals surface area contributed by atoms with Crippen LogP contribution in [0.15, 0.2) is 59.6 Å². The van der Waals surface area contributed by atoms with Crippen LogP contribution in [0.1, 0.15) is 52.5 Å². The van der Waals surface area contributed by atoms with E-state index in [1.807, 2.05) is 0 Å². The third-order valence-corrected chi connectivity index (χ3v) is 10.1. The summed E-state index contributed by atoms with van der Waals surface area (Å²) < 4.78 is 54.2. The average Bonchev–Trinajstić information content (AvgIpc) is 3.76. The van der Waals surface area contributed by atoms with Crippen LogP contribution in [0.3, 0.4) is 0 Å². The van der Waals surface area contributed by atoms with E-state index in [0.29, 0.717) is 6.29 Å². The topological polar surface area (TPSA) is 159 Å². The van der Waals surface area contributed by atoms with Crippen LogP contribution in [0, 0.1) is 11.6 Å². The predicted molar refractivity (Wildman–Crippen MR) is 185 cm³/mol. The Hall–Kier alpha value is -5.14. The summed E-state index contributed by atoms with van der Waals surface area (Å²) in [4.78, 5) is 48.8. The molecule has 51 heavy (non-hydrogen) atoms. The molecule has 15 heteroatoms. The lowest BCUT2D eigenvalue weighted by atomic mass is 9.75. The number of benzene rings is 3. The molecule has 2 heterocycles. The lowest BCUT2D eigenvalue weighted by Gasteiger charge is -2.30. The van der Waals surface area contributed by atoms with E-state index >= 15 is 0 Å². The number of methoxy groups -OCH3 is 1. The Labute approximate surface area is 299 Å². The number of ether oxygens (including phenoxy) is 2. The molecule has 264 valence electrons. The molecule has 1 aliphatic heterocycles. The minimum absolute atomic E-state index is 0.00698. The van der Waals surface area contributed by atoms with Gasteiger partial charge in [-0.2, -0.15) is 0 Å². The number of carbonyl (C=O) groups excluding carboxylic acids is 3. The number of anilines is 1. The third kappa shape index (κ3) is 6.36. The first-order chi connectivity index (χ1) is 24.2. The number of nitrogens with zero attached hydrogens (tertiary/aromatic N) is 2. The van der Waals surface area contributed by atoms with Crippen molar-refractivity contribution < 1.29 is 37.0 Å². The highest BCUT2D eigenvalue weighted by Crippen LogP contribution is 2.48. The van der Waals surface area contributed by atoms with Gasteiger partial charge < -0.3 is 31.1 Å². The maximum atomic E-state index is 14.4. The molecular weight excluding hydrogens is 710 g/mol. The number of fused-ring (bicyclic) bond motifs is 1. The molecule has 0 radical (unpaired) electrons. The molecule has 0 unspecified atom stereocenters. The number of aromatic nitrogens is 1. The summed E-state index contributed by atoms with van der Waals surface area (Å²) in [6.07, 6.45) is 2.28. The summed E-state index contributed by atoms with van der Waals surface area (Å²) >= 11 is 12.7. The molecule has 1 saturated carbocycles. The van der Waals surface area contributed by atoms with E-state index in [2.05, 4.69) is 10.3 Å². The number of primary amides is 1. The predicted octanol–water partition coefficient (Wildman–Crippen LogP) is 5.85. The van der Waals surface area contributed by atoms with Crippen molar-refractivity contribution in [3.8, 4) is 22.8 Å². The van der Waals surface area contributed by atoms with Crippen LogP contribution in [-0.2, 0) is 20.4 Å². The van der Waals surface area contributed by atoms with Gasteiger partial charge in [-0.25, -0.2) is 18.2 Å². The Morgan fingerprint density at radius 1 is 1.12 bits per heavy atom. The van der Waals surface area contributed by atoms with Gasteiger partial charge in [0.15, 0.2) is 5.79 Å². The van der Waals surface area contributed by atoms with Gasteiger partial charge in [-0.05, 0) is 55.0 Å². The summed E-state index contributed by atoms with van der Waals surface area (Å²) in [6, 6.07) is 11.5. The summed E-state index contributed by atoms with van der Waals surface area (Å²) in [6.45, 7) is 0.888. The second-order valence-corrected chi connectivity index (χ2v) is 13.3. The smallest absolute Gasteiger partial charge is 0.251 e. The molecule has 1 aromatic heterocycles. The molecular formula is C36H30Cl2F3N5O5. The molecule has 6 rings (SSSR count). The first-order valence-corrected chi connectivity index (χ1v) is 16.3. The molecule has 1 fully saturated rings. The SMILES string of the molecule is COc1cc(C(=O)NC[C@@](C=O)(c2ccc(F)cc2)c2cc3c(c(-c4ccc(F)c(Cl)c4Cl)n2)OC[C@]3(C)C(N)=O)cc(/C=N/C2(F)CC2)c1N. The number of rotatable bonds is 11. The van der Waals surface area contributed by atoms with Gasteiger partial charge in [0, 0.05) is 47.9 Å². The molecule has 5 N–H and O–H groups in total. The molecule has 2 amide bonds. The van der Waals surface area contributed by atoms with E-state index in [4.69, 9.17) is 49.1 Å². The molecule has 2 atom stereocenters. The van der Waals surface area contributed by atoms with Gasteiger partial charge >= 0.3 is 0 Å². The summed E-state index contributed by atoms with van der Waals surface area (Å²) in [5.41, 5.74) is 9.69. The number of aliphatic imine (C=N–C) groups is 1. The number of carbonyl (C=O) groups is 3. The Morgan fingerprint density at radius 3 is 2.45 bits per heavy atom. The van der Waals surface area contributed by atoms with Crippen molar-refractivity contribution in [3.63, 3.8) is 0 Å². The number of hydrogen-bond acceptors (Lipinski definition) is 8. The minimum atomic E-state index is -1.85. The Kier molecular flexibility index (Phi) is 9.23. The Balaban J connectivity index is 1.50. The lowest BCUT2D eigenvalue weighted by molar-refractivity contribution is -0.123. The van der Waals surface area contributed by atoms with Gasteiger partial charge in [-0.15, -0.1) is 0 Å². The van der Waals surface area contributed by atoms with Crippen molar-refractivity contribution in [1.82, 2.24) is 10.3 Å². The van der Waals surface area contributed by atoms with Gasteiger partial charge in [-0.3, -0.25) is 14.6 Å². The van der Waals surface area contributed by atoms with E-state index in [0.717, 1.165) is 18.2 Å². The fraction of sp³-hybridized carbons (Fsp3) is 0.250.